The minimum absolute atomic E-state index is 0.134. The summed E-state index contributed by atoms with van der Waals surface area (Å²) in [5, 5.41) is 20.2. The summed E-state index contributed by atoms with van der Waals surface area (Å²) in [6, 6.07) is -0.458. The van der Waals surface area contributed by atoms with Gasteiger partial charge in [-0.1, -0.05) is 13.3 Å². The number of urea groups is 1. The van der Waals surface area contributed by atoms with Crippen molar-refractivity contribution in [1.82, 2.24) is 10.2 Å². The number of aliphatic hydroxyl groups is 1. The molecule has 0 aromatic rings. The number of aliphatic hydroxyl groups excluding tert-OH is 1. The maximum atomic E-state index is 11.8. The average Bonchev–Trinajstić information content (AvgIpc) is 2.23. The van der Waals surface area contributed by atoms with Gasteiger partial charge in [-0.15, -0.1) is 0 Å². The number of rotatable bonds is 7. The maximum absolute atomic E-state index is 11.8. The van der Waals surface area contributed by atoms with Crippen LogP contribution in [0.3, 0.4) is 0 Å². The molecule has 0 unspecified atom stereocenters. The third-order valence-corrected chi connectivity index (χ3v) is 2.39. The minimum Gasteiger partial charge on any atom is -0.480 e. The van der Waals surface area contributed by atoms with Crippen molar-refractivity contribution in [2.75, 3.05) is 19.7 Å². The zero-order valence-electron chi connectivity index (χ0n) is 10.7. The molecular weight excluding hydrogens is 224 g/mol. The molecule has 0 aliphatic rings. The normalized spacial score (nSPS) is 11.1. The molecular formula is C11H22N2O4. The number of nitrogens with zero attached hydrogens (tertiary/aromatic N) is 1. The molecule has 0 radical (unpaired) electrons. The van der Waals surface area contributed by atoms with E-state index >= 15 is 0 Å². The summed E-state index contributed by atoms with van der Waals surface area (Å²) in [6.45, 7) is 5.43. The highest BCUT2D eigenvalue weighted by molar-refractivity contribution is 5.85. The molecule has 0 aliphatic carbocycles. The van der Waals surface area contributed by atoms with E-state index in [1.54, 1.807) is 0 Å². The SMILES string of the molecule is CCCCN(CCO)C(=O)NC(C)(C)C(=O)O. The molecule has 0 heterocycles. The van der Waals surface area contributed by atoms with Gasteiger partial charge in [-0.2, -0.15) is 0 Å². The fraction of sp³-hybridized carbons (Fsp3) is 0.818. The minimum atomic E-state index is -1.31. The number of amides is 2. The van der Waals surface area contributed by atoms with Crippen LogP contribution in [0.1, 0.15) is 33.6 Å². The first-order valence-electron chi connectivity index (χ1n) is 5.76. The summed E-state index contributed by atoms with van der Waals surface area (Å²) in [6.07, 6.45) is 1.75. The Morgan fingerprint density at radius 1 is 1.29 bits per heavy atom. The number of carboxylic acid groups (broad SMARTS) is 1. The van der Waals surface area contributed by atoms with E-state index in [1.807, 2.05) is 6.92 Å². The van der Waals surface area contributed by atoms with E-state index in [2.05, 4.69) is 5.32 Å². The Kier molecular flexibility index (Phi) is 6.57. The second-order valence-corrected chi connectivity index (χ2v) is 4.42. The van der Waals surface area contributed by atoms with Crippen molar-refractivity contribution < 1.29 is 19.8 Å². The molecule has 2 amide bonds. The average molecular weight is 246 g/mol. The molecule has 0 atom stereocenters. The van der Waals surface area contributed by atoms with Crippen molar-refractivity contribution in [1.29, 1.82) is 0 Å². The first kappa shape index (κ1) is 15.7. The molecule has 17 heavy (non-hydrogen) atoms. The van der Waals surface area contributed by atoms with Gasteiger partial charge in [0.05, 0.1) is 6.61 Å². The van der Waals surface area contributed by atoms with Crippen molar-refractivity contribution in [2.24, 2.45) is 0 Å². The summed E-state index contributed by atoms with van der Waals surface area (Å²) in [4.78, 5) is 24.1. The Balaban J connectivity index is 4.45. The summed E-state index contributed by atoms with van der Waals surface area (Å²) in [7, 11) is 0. The molecule has 0 rings (SSSR count). The lowest BCUT2D eigenvalue weighted by Crippen LogP contribution is -2.54. The second kappa shape index (κ2) is 7.11. The van der Waals surface area contributed by atoms with E-state index < -0.39 is 17.5 Å². The van der Waals surface area contributed by atoms with E-state index in [4.69, 9.17) is 10.2 Å². The number of nitrogens with one attached hydrogen (secondary N) is 1. The number of unbranched alkanes of at least 4 members (excludes halogenated alkanes) is 1. The molecule has 3 N–H and O–H groups in total. The van der Waals surface area contributed by atoms with Gasteiger partial charge in [-0.05, 0) is 20.3 Å². The lowest BCUT2D eigenvalue weighted by molar-refractivity contribution is -0.143. The quantitative estimate of drug-likeness (QED) is 0.615. The van der Waals surface area contributed by atoms with Crippen LogP contribution in [0.15, 0.2) is 0 Å². The van der Waals surface area contributed by atoms with Gasteiger partial charge >= 0.3 is 12.0 Å². The van der Waals surface area contributed by atoms with Crippen molar-refractivity contribution in [3.05, 3.63) is 0 Å². The lowest BCUT2D eigenvalue weighted by atomic mass is 10.1. The summed E-state index contributed by atoms with van der Waals surface area (Å²) < 4.78 is 0. The summed E-state index contributed by atoms with van der Waals surface area (Å²) in [5.41, 5.74) is -1.31. The van der Waals surface area contributed by atoms with Gasteiger partial charge < -0.3 is 20.4 Å². The van der Waals surface area contributed by atoms with Gasteiger partial charge in [0.25, 0.3) is 0 Å². The Morgan fingerprint density at radius 2 is 1.88 bits per heavy atom. The highest BCUT2D eigenvalue weighted by Gasteiger charge is 2.30. The number of hydrogen-bond donors (Lipinski definition) is 3. The van der Waals surface area contributed by atoms with E-state index in [-0.39, 0.29) is 13.2 Å². The Bertz CT molecular complexity index is 266. The lowest BCUT2D eigenvalue weighted by Gasteiger charge is -2.27. The fourth-order valence-electron chi connectivity index (χ4n) is 1.18. The van der Waals surface area contributed by atoms with Gasteiger partial charge in [0.1, 0.15) is 5.54 Å². The van der Waals surface area contributed by atoms with Gasteiger partial charge in [-0.3, -0.25) is 0 Å². The van der Waals surface area contributed by atoms with Gasteiger partial charge in [-0.25, -0.2) is 9.59 Å². The molecule has 0 aromatic heterocycles. The molecule has 6 heteroatoms. The maximum Gasteiger partial charge on any atom is 0.328 e. The first-order chi connectivity index (χ1) is 7.85. The smallest absolute Gasteiger partial charge is 0.328 e. The number of carbonyl (C=O) groups is 2. The van der Waals surface area contributed by atoms with Crippen LogP contribution in [0.25, 0.3) is 0 Å². The number of carbonyl (C=O) groups excluding carboxylic acids is 1. The van der Waals surface area contributed by atoms with Crippen LogP contribution in [0.4, 0.5) is 4.79 Å². The van der Waals surface area contributed by atoms with Crippen LogP contribution in [-0.4, -0.2) is 52.3 Å². The van der Waals surface area contributed by atoms with Crippen LogP contribution in [0, 0.1) is 0 Å². The zero-order valence-corrected chi connectivity index (χ0v) is 10.7. The van der Waals surface area contributed by atoms with Crippen LogP contribution in [0.5, 0.6) is 0 Å². The van der Waals surface area contributed by atoms with Crippen LogP contribution >= 0.6 is 0 Å². The molecule has 0 fully saturated rings. The Morgan fingerprint density at radius 3 is 2.29 bits per heavy atom. The topological polar surface area (TPSA) is 89.9 Å². The second-order valence-electron chi connectivity index (χ2n) is 4.42. The van der Waals surface area contributed by atoms with Crippen molar-refractivity contribution in [2.45, 2.75) is 39.2 Å². The van der Waals surface area contributed by atoms with Crippen LogP contribution in [0.2, 0.25) is 0 Å². The van der Waals surface area contributed by atoms with E-state index in [0.717, 1.165) is 12.8 Å². The molecule has 6 nitrogen and oxygen atoms in total. The Labute approximate surface area is 102 Å². The van der Waals surface area contributed by atoms with Crippen LogP contribution < -0.4 is 5.32 Å². The van der Waals surface area contributed by atoms with Gasteiger partial charge in [0.15, 0.2) is 0 Å². The molecule has 0 saturated carbocycles. The largest absolute Gasteiger partial charge is 0.480 e. The van der Waals surface area contributed by atoms with E-state index in [1.165, 1.54) is 18.7 Å². The van der Waals surface area contributed by atoms with Crippen molar-refractivity contribution in [3.8, 4) is 0 Å². The molecule has 0 aliphatic heterocycles. The summed E-state index contributed by atoms with van der Waals surface area (Å²) in [5.74, 6) is -1.09. The van der Waals surface area contributed by atoms with E-state index in [0.29, 0.717) is 6.54 Å². The summed E-state index contributed by atoms with van der Waals surface area (Å²) >= 11 is 0. The third kappa shape index (κ3) is 5.53. The number of aliphatic carboxylic acids is 1. The predicted octanol–water partition coefficient (Wildman–Crippen LogP) is 0.654. The number of hydrogen-bond acceptors (Lipinski definition) is 3. The fourth-order valence-corrected chi connectivity index (χ4v) is 1.18. The molecule has 0 aromatic carbocycles. The highest BCUT2D eigenvalue weighted by atomic mass is 16.4. The highest BCUT2D eigenvalue weighted by Crippen LogP contribution is 2.04. The number of carboxylic acids is 1. The van der Waals surface area contributed by atoms with Gasteiger partial charge in [0, 0.05) is 13.1 Å². The van der Waals surface area contributed by atoms with Crippen LogP contribution in [-0.2, 0) is 4.79 Å². The van der Waals surface area contributed by atoms with Crippen molar-refractivity contribution in [3.63, 3.8) is 0 Å². The third-order valence-electron chi connectivity index (χ3n) is 2.39. The van der Waals surface area contributed by atoms with E-state index in [9.17, 15) is 9.59 Å². The first-order valence-corrected chi connectivity index (χ1v) is 5.76. The Hall–Kier alpha value is -1.30. The molecule has 0 spiro atoms. The molecule has 100 valence electrons. The molecule has 0 bridgehead atoms. The zero-order chi connectivity index (χ0) is 13.5. The predicted molar refractivity (Wildman–Crippen MR) is 63.8 cm³/mol. The monoisotopic (exact) mass is 246 g/mol. The standard InChI is InChI=1S/C11H22N2O4/c1-4-5-6-13(7-8-14)10(17)12-11(2,3)9(15)16/h14H,4-8H2,1-3H3,(H,12,17)(H,15,16). The van der Waals surface area contributed by atoms with Crippen molar-refractivity contribution >= 4 is 12.0 Å². The van der Waals surface area contributed by atoms with Gasteiger partial charge in [0.2, 0.25) is 0 Å². The molecule has 0 saturated heterocycles.